The molecule has 0 spiro atoms. The van der Waals surface area contributed by atoms with E-state index in [-0.39, 0.29) is 30.1 Å². The number of hydrogen-bond donors (Lipinski definition) is 1. The van der Waals surface area contributed by atoms with Crippen LogP contribution in [-0.2, 0) is 22.2 Å². The summed E-state index contributed by atoms with van der Waals surface area (Å²) in [5.74, 6) is 0.852. The lowest BCUT2D eigenvalue weighted by molar-refractivity contribution is -0.137. The molecule has 1 aromatic rings. The van der Waals surface area contributed by atoms with Gasteiger partial charge in [-0.05, 0) is 30.5 Å². The average Bonchev–Trinajstić information content (AvgIpc) is 3.25. The molecule has 1 aromatic carbocycles. The van der Waals surface area contributed by atoms with Gasteiger partial charge in [0.15, 0.2) is 5.96 Å². The monoisotopic (exact) mass is 556 g/mol. The highest BCUT2D eigenvalue weighted by Gasteiger charge is 2.30. The van der Waals surface area contributed by atoms with Crippen molar-refractivity contribution in [1.29, 1.82) is 0 Å². The van der Waals surface area contributed by atoms with Gasteiger partial charge in [-0.1, -0.05) is 12.1 Å². The van der Waals surface area contributed by atoms with Crippen molar-refractivity contribution in [3.63, 3.8) is 0 Å². The van der Waals surface area contributed by atoms with Crippen molar-refractivity contribution in [3.8, 4) is 0 Å². The Bertz CT molecular complexity index is 674. The van der Waals surface area contributed by atoms with Crippen LogP contribution in [-0.4, -0.2) is 81.5 Å². The van der Waals surface area contributed by atoms with Gasteiger partial charge in [0, 0.05) is 52.9 Å². The van der Waals surface area contributed by atoms with Crippen LogP contribution < -0.4 is 5.32 Å². The predicted molar refractivity (Wildman–Crippen MR) is 125 cm³/mol. The van der Waals surface area contributed by atoms with Crippen molar-refractivity contribution in [3.05, 3.63) is 35.4 Å². The van der Waals surface area contributed by atoms with Crippen LogP contribution in [0.5, 0.6) is 0 Å². The number of guanidine groups is 1. The largest absolute Gasteiger partial charge is 0.416 e. The van der Waals surface area contributed by atoms with Crippen LogP contribution in [0.1, 0.15) is 24.0 Å². The number of nitrogens with one attached hydrogen (secondary N) is 1. The summed E-state index contributed by atoms with van der Waals surface area (Å²) in [6.07, 6.45) is -1.86. The SMILES string of the molecule is CN=C(NCCOCC1CCCO1)N1CCN(Cc2ccc(C(F)(F)F)cc2)CC1.I. The molecule has 0 aliphatic carbocycles. The van der Waals surface area contributed by atoms with Gasteiger partial charge in [-0.3, -0.25) is 9.89 Å². The van der Waals surface area contributed by atoms with Crippen molar-refractivity contribution in [2.45, 2.75) is 31.7 Å². The highest BCUT2D eigenvalue weighted by molar-refractivity contribution is 14.0. The fourth-order valence-electron chi connectivity index (χ4n) is 3.73. The van der Waals surface area contributed by atoms with Gasteiger partial charge in [0.2, 0.25) is 0 Å². The molecule has 1 unspecified atom stereocenters. The Morgan fingerprint density at radius 1 is 1.19 bits per heavy atom. The highest BCUT2D eigenvalue weighted by atomic mass is 127. The molecule has 6 nitrogen and oxygen atoms in total. The number of halogens is 4. The second-order valence-corrected chi connectivity index (χ2v) is 7.64. The van der Waals surface area contributed by atoms with Crippen LogP contribution >= 0.6 is 24.0 Å². The molecular formula is C21H32F3IN4O2. The number of alkyl halides is 3. The topological polar surface area (TPSA) is 49.3 Å². The summed E-state index contributed by atoms with van der Waals surface area (Å²) in [5, 5.41) is 3.33. The smallest absolute Gasteiger partial charge is 0.377 e. The van der Waals surface area contributed by atoms with Crippen LogP contribution in [0, 0.1) is 0 Å². The Hall–Kier alpha value is -1.11. The Morgan fingerprint density at radius 2 is 1.90 bits per heavy atom. The Morgan fingerprint density at radius 3 is 2.48 bits per heavy atom. The van der Waals surface area contributed by atoms with Crippen LogP contribution in [0.15, 0.2) is 29.3 Å². The molecule has 2 saturated heterocycles. The van der Waals surface area contributed by atoms with Gasteiger partial charge in [-0.25, -0.2) is 0 Å². The number of piperazine rings is 1. The van der Waals surface area contributed by atoms with E-state index in [9.17, 15) is 13.2 Å². The van der Waals surface area contributed by atoms with Crippen molar-refractivity contribution < 1.29 is 22.6 Å². The zero-order valence-corrected chi connectivity index (χ0v) is 20.2. The number of nitrogens with zero attached hydrogens (tertiary/aromatic N) is 3. The summed E-state index contributed by atoms with van der Waals surface area (Å²) < 4.78 is 49.3. The lowest BCUT2D eigenvalue weighted by Crippen LogP contribution is -2.52. The maximum absolute atomic E-state index is 12.7. The van der Waals surface area contributed by atoms with E-state index in [0.717, 1.165) is 69.3 Å². The summed E-state index contributed by atoms with van der Waals surface area (Å²) in [4.78, 5) is 8.80. The number of aliphatic imine (C=N–C) groups is 1. The van der Waals surface area contributed by atoms with Crippen LogP contribution in [0.3, 0.4) is 0 Å². The molecule has 0 radical (unpaired) electrons. The number of ether oxygens (including phenoxy) is 2. The van der Waals surface area contributed by atoms with Crippen LogP contribution in [0.2, 0.25) is 0 Å². The van der Waals surface area contributed by atoms with E-state index in [1.54, 1.807) is 19.2 Å². The average molecular weight is 556 g/mol. The zero-order chi connectivity index (χ0) is 21.4. The maximum Gasteiger partial charge on any atom is 0.416 e. The van der Waals surface area contributed by atoms with E-state index in [1.165, 1.54) is 0 Å². The fourth-order valence-corrected chi connectivity index (χ4v) is 3.73. The van der Waals surface area contributed by atoms with Gasteiger partial charge in [-0.2, -0.15) is 13.2 Å². The zero-order valence-electron chi connectivity index (χ0n) is 17.9. The summed E-state index contributed by atoms with van der Waals surface area (Å²) in [6, 6.07) is 5.43. The lowest BCUT2D eigenvalue weighted by Gasteiger charge is -2.36. The third-order valence-electron chi connectivity index (χ3n) is 5.43. The molecule has 2 heterocycles. The van der Waals surface area contributed by atoms with Gasteiger partial charge in [0.25, 0.3) is 0 Å². The van der Waals surface area contributed by atoms with E-state index in [4.69, 9.17) is 9.47 Å². The standard InChI is InChI=1S/C21H31F3N4O2.HI/c1-25-20(26-8-14-29-16-19-3-2-13-30-19)28-11-9-27(10-12-28)15-17-4-6-18(7-5-17)21(22,23)24;/h4-7,19H,2-3,8-16H2,1H3,(H,25,26);1H. The molecule has 2 fully saturated rings. The molecule has 1 N–H and O–H groups in total. The maximum atomic E-state index is 12.7. The van der Waals surface area contributed by atoms with E-state index in [2.05, 4.69) is 20.1 Å². The van der Waals surface area contributed by atoms with E-state index in [0.29, 0.717) is 26.3 Å². The molecule has 0 saturated carbocycles. The Labute approximate surface area is 199 Å². The molecule has 10 heteroatoms. The predicted octanol–water partition coefficient (Wildman–Crippen LogP) is 3.21. The summed E-state index contributed by atoms with van der Waals surface area (Å²) in [6.45, 7) is 6.71. The molecule has 176 valence electrons. The van der Waals surface area contributed by atoms with Crippen LogP contribution in [0.4, 0.5) is 13.2 Å². The normalized spacial score (nSPS) is 20.6. The van der Waals surface area contributed by atoms with Gasteiger partial charge in [-0.15, -0.1) is 24.0 Å². The van der Waals surface area contributed by atoms with E-state index in [1.807, 2.05) is 0 Å². The van der Waals surface area contributed by atoms with Crippen molar-refractivity contribution in [2.24, 2.45) is 4.99 Å². The Kier molecular flexibility index (Phi) is 10.8. The van der Waals surface area contributed by atoms with Crippen LogP contribution in [0.25, 0.3) is 0 Å². The highest BCUT2D eigenvalue weighted by Crippen LogP contribution is 2.29. The molecule has 3 rings (SSSR count). The number of benzene rings is 1. The van der Waals surface area contributed by atoms with Gasteiger partial charge in [0.1, 0.15) is 0 Å². The summed E-state index contributed by atoms with van der Waals surface area (Å²) >= 11 is 0. The molecule has 0 amide bonds. The second-order valence-electron chi connectivity index (χ2n) is 7.64. The second kappa shape index (κ2) is 12.8. The molecule has 0 bridgehead atoms. The van der Waals surface area contributed by atoms with Crippen molar-refractivity contribution in [1.82, 2.24) is 15.1 Å². The quantitative estimate of drug-likeness (QED) is 0.242. The first kappa shape index (κ1) is 26.1. The first-order chi connectivity index (χ1) is 14.5. The number of hydrogen-bond acceptors (Lipinski definition) is 4. The third-order valence-corrected chi connectivity index (χ3v) is 5.43. The minimum Gasteiger partial charge on any atom is -0.377 e. The van der Waals surface area contributed by atoms with Gasteiger partial charge in [0.05, 0.1) is 24.9 Å². The number of rotatable bonds is 7. The minimum atomic E-state index is -4.29. The first-order valence-corrected chi connectivity index (χ1v) is 10.5. The fraction of sp³-hybridized carbons (Fsp3) is 0.667. The molecule has 2 aliphatic rings. The summed E-state index contributed by atoms with van der Waals surface area (Å²) in [5.41, 5.74) is 0.285. The molecule has 2 aliphatic heterocycles. The molecule has 31 heavy (non-hydrogen) atoms. The first-order valence-electron chi connectivity index (χ1n) is 10.5. The van der Waals surface area contributed by atoms with E-state index < -0.39 is 11.7 Å². The van der Waals surface area contributed by atoms with Crippen molar-refractivity contribution >= 4 is 29.9 Å². The van der Waals surface area contributed by atoms with E-state index >= 15 is 0 Å². The minimum absolute atomic E-state index is 0. The third kappa shape index (κ3) is 8.39. The summed E-state index contributed by atoms with van der Waals surface area (Å²) in [7, 11) is 1.77. The molecule has 1 atom stereocenters. The molecule has 0 aromatic heterocycles. The Balaban J connectivity index is 0.00000341. The van der Waals surface area contributed by atoms with Crippen molar-refractivity contribution in [2.75, 3.05) is 59.6 Å². The lowest BCUT2D eigenvalue weighted by atomic mass is 10.1. The molecular weight excluding hydrogens is 524 g/mol. The van der Waals surface area contributed by atoms with Gasteiger partial charge >= 0.3 is 6.18 Å². The van der Waals surface area contributed by atoms with Gasteiger partial charge < -0.3 is 19.7 Å².